The maximum absolute atomic E-state index is 14.0. The summed E-state index contributed by atoms with van der Waals surface area (Å²) in [6.07, 6.45) is 3.56. The molecule has 0 N–H and O–H groups in total. The molecule has 1 atom stereocenters. The summed E-state index contributed by atoms with van der Waals surface area (Å²) in [6, 6.07) is 27.9. The molecule has 5 nitrogen and oxygen atoms in total. The zero-order valence-electron chi connectivity index (χ0n) is 21.1. The molecule has 0 radical (unpaired) electrons. The Morgan fingerprint density at radius 2 is 1.79 bits per heavy atom. The molecule has 0 fully saturated rings. The Hall–Kier alpha value is -3.94. The highest BCUT2D eigenvalue weighted by Crippen LogP contribution is 2.43. The van der Waals surface area contributed by atoms with Crippen LogP contribution in [0.15, 0.2) is 109 Å². The number of fused-ring (bicyclic) bond motifs is 3. The third-order valence-electron chi connectivity index (χ3n) is 7.34. The summed E-state index contributed by atoms with van der Waals surface area (Å²) < 4.78 is 15.3. The lowest BCUT2D eigenvalue weighted by molar-refractivity contribution is 0.402. The molecule has 0 saturated heterocycles. The highest BCUT2D eigenvalue weighted by Gasteiger charge is 2.34. The summed E-state index contributed by atoms with van der Waals surface area (Å²) in [5, 5.41) is 0. The van der Waals surface area contributed by atoms with Crippen LogP contribution in [-0.2, 0) is 6.42 Å². The summed E-state index contributed by atoms with van der Waals surface area (Å²) in [5.41, 5.74) is 6.40. The molecule has 0 bridgehead atoms. The van der Waals surface area contributed by atoms with E-state index < -0.39 is 0 Å². The van der Waals surface area contributed by atoms with Crippen molar-refractivity contribution in [2.24, 2.45) is 4.99 Å². The van der Waals surface area contributed by atoms with Crippen LogP contribution in [0.4, 0.5) is 0 Å². The molecule has 2 aliphatic rings. The van der Waals surface area contributed by atoms with E-state index in [1.807, 2.05) is 71.3 Å². The van der Waals surface area contributed by atoms with Gasteiger partial charge in [-0.05, 0) is 54.3 Å². The largest absolute Gasteiger partial charge is 0.496 e. The quantitative estimate of drug-likeness (QED) is 0.243. The average molecular weight is 596 g/mol. The van der Waals surface area contributed by atoms with Crippen molar-refractivity contribution < 1.29 is 9.15 Å². The normalized spacial score (nSPS) is 16.4. The molecule has 0 saturated carbocycles. The molecule has 1 aliphatic heterocycles. The fraction of sp³-hybridized carbons (Fsp3) is 0.125. The first-order valence-electron chi connectivity index (χ1n) is 12.7. The summed E-state index contributed by atoms with van der Waals surface area (Å²) in [6.45, 7) is 0. The van der Waals surface area contributed by atoms with Gasteiger partial charge in [-0.25, -0.2) is 4.99 Å². The van der Waals surface area contributed by atoms with Crippen molar-refractivity contribution >= 4 is 39.0 Å². The molecular formula is C32H23BrN2O3S. The SMILES string of the molecule is COc1ccccc1[C@H]1C2=C(N=c3s/c(=C\c4ccc(-c5ccc(Br)cc5)o4)c(=O)n31)c1ccccc1CC2. The first-order chi connectivity index (χ1) is 19.1. The number of ether oxygens (including phenoxy) is 1. The summed E-state index contributed by atoms with van der Waals surface area (Å²) in [5.74, 6) is 2.14. The van der Waals surface area contributed by atoms with Crippen molar-refractivity contribution in [1.82, 2.24) is 4.57 Å². The van der Waals surface area contributed by atoms with Gasteiger partial charge in [0.25, 0.3) is 5.56 Å². The van der Waals surface area contributed by atoms with Gasteiger partial charge in [-0.1, -0.05) is 81.9 Å². The molecule has 3 heterocycles. The Bertz CT molecular complexity index is 1950. The Morgan fingerprint density at radius 1 is 1.00 bits per heavy atom. The molecular weight excluding hydrogens is 572 g/mol. The number of allylic oxidation sites excluding steroid dienone is 1. The molecule has 39 heavy (non-hydrogen) atoms. The lowest BCUT2D eigenvalue weighted by Crippen LogP contribution is -2.38. The Balaban J connectivity index is 1.42. The Morgan fingerprint density at radius 3 is 2.64 bits per heavy atom. The van der Waals surface area contributed by atoms with Crippen LogP contribution in [0.3, 0.4) is 0 Å². The number of aryl methyl sites for hydroxylation is 1. The summed E-state index contributed by atoms with van der Waals surface area (Å²) in [4.78, 5) is 19.8. The highest BCUT2D eigenvalue weighted by molar-refractivity contribution is 9.10. The maximum atomic E-state index is 14.0. The highest BCUT2D eigenvalue weighted by atomic mass is 79.9. The number of halogens is 1. The minimum atomic E-state index is -0.294. The second-order valence-corrected chi connectivity index (χ2v) is 11.5. The van der Waals surface area contributed by atoms with Crippen molar-refractivity contribution in [1.29, 1.82) is 0 Å². The van der Waals surface area contributed by atoms with Crippen molar-refractivity contribution in [3.63, 3.8) is 0 Å². The first kappa shape index (κ1) is 24.1. The number of para-hydroxylation sites is 1. The van der Waals surface area contributed by atoms with Crippen molar-refractivity contribution in [3.05, 3.63) is 137 Å². The van der Waals surface area contributed by atoms with Crippen LogP contribution in [0.2, 0.25) is 0 Å². The predicted molar refractivity (Wildman–Crippen MR) is 158 cm³/mol. The number of furan rings is 1. The van der Waals surface area contributed by atoms with Crippen LogP contribution in [0.1, 0.15) is 34.9 Å². The second kappa shape index (κ2) is 9.67. The molecule has 0 amide bonds. The predicted octanol–water partition coefficient (Wildman–Crippen LogP) is 6.35. The van der Waals surface area contributed by atoms with E-state index in [0.717, 1.165) is 56.8 Å². The Labute approximate surface area is 237 Å². The fourth-order valence-electron chi connectivity index (χ4n) is 5.52. The van der Waals surface area contributed by atoms with E-state index in [9.17, 15) is 4.79 Å². The first-order valence-corrected chi connectivity index (χ1v) is 14.3. The van der Waals surface area contributed by atoms with Gasteiger partial charge < -0.3 is 9.15 Å². The standard InChI is InChI=1S/C32H23BrN2O3S/c1-37-27-9-5-4-8-24(27)30-25-16-12-19-6-2-3-7-23(19)29(25)34-32-35(30)31(36)28(39-32)18-22-15-17-26(38-22)20-10-13-21(33)14-11-20/h2-11,13-15,17-18,30H,12,16H2,1H3/b28-18-/t30-/m0/s1. The van der Waals surface area contributed by atoms with Crippen LogP contribution in [0.25, 0.3) is 23.1 Å². The van der Waals surface area contributed by atoms with Crippen LogP contribution < -0.4 is 19.6 Å². The Kier molecular flexibility index (Phi) is 5.98. The lowest BCUT2D eigenvalue weighted by atomic mass is 9.83. The topological polar surface area (TPSA) is 56.7 Å². The van der Waals surface area contributed by atoms with Crippen LogP contribution in [-0.4, -0.2) is 11.7 Å². The number of hydrogen-bond acceptors (Lipinski definition) is 5. The van der Waals surface area contributed by atoms with E-state index >= 15 is 0 Å². The third-order valence-corrected chi connectivity index (χ3v) is 8.85. The number of hydrogen-bond donors (Lipinski definition) is 0. The van der Waals surface area contributed by atoms with Crippen molar-refractivity contribution in [2.75, 3.05) is 7.11 Å². The van der Waals surface area contributed by atoms with Crippen LogP contribution >= 0.6 is 27.3 Å². The van der Waals surface area contributed by atoms with Crippen molar-refractivity contribution in [3.8, 4) is 17.1 Å². The third kappa shape index (κ3) is 4.13. The van der Waals surface area contributed by atoms with Crippen LogP contribution in [0, 0.1) is 0 Å². The summed E-state index contributed by atoms with van der Waals surface area (Å²) >= 11 is 4.87. The molecule has 2 aromatic heterocycles. The molecule has 0 unspecified atom stereocenters. The molecule has 5 aromatic rings. The maximum Gasteiger partial charge on any atom is 0.271 e. The molecule has 1 aliphatic carbocycles. The van der Waals surface area contributed by atoms with Gasteiger partial charge in [-0.3, -0.25) is 9.36 Å². The minimum Gasteiger partial charge on any atom is -0.496 e. The van der Waals surface area contributed by atoms with E-state index in [-0.39, 0.29) is 11.6 Å². The number of aromatic nitrogens is 1. The smallest absolute Gasteiger partial charge is 0.271 e. The zero-order valence-corrected chi connectivity index (χ0v) is 23.5. The second-order valence-electron chi connectivity index (χ2n) is 9.56. The molecule has 3 aromatic carbocycles. The lowest BCUT2D eigenvalue weighted by Gasteiger charge is -2.31. The van der Waals surface area contributed by atoms with Gasteiger partial charge in [0.05, 0.1) is 23.4 Å². The number of rotatable bonds is 4. The van der Waals surface area contributed by atoms with Gasteiger partial charge in [0.1, 0.15) is 17.3 Å². The monoisotopic (exact) mass is 594 g/mol. The van der Waals surface area contributed by atoms with E-state index in [1.165, 1.54) is 16.9 Å². The van der Waals surface area contributed by atoms with E-state index in [1.54, 1.807) is 7.11 Å². The zero-order chi connectivity index (χ0) is 26.5. The number of benzene rings is 3. The van der Waals surface area contributed by atoms with E-state index in [2.05, 4.69) is 40.2 Å². The van der Waals surface area contributed by atoms with Crippen LogP contribution in [0.5, 0.6) is 5.75 Å². The number of methoxy groups -OCH3 is 1. The van der Waals surface area contributed by atoms with Crippen molar-refractivity contribution in [2.45, 2.75) is 18.9 Å². The minimum absolute atomic E-state index is 0.0818. The van der Waals surface area contributed by atoms with E-state index in [0.29, 0.717) is 15.1 Å². The molecule has 7 heteroatoms. The van der Waals surface area contributed by atoms with Gasteiger partial charge in [-0.15, -0.1) is 0 Å². The van der Waals surface area contributed by atoms with Gasteiger partial charge >= 0.3 is 0 Å². The average Bonchev–Trinajstić information content (AvgIpc) is 3.56. The van der Waals surface area contributed by atoms with Gasteiger partial charge in [0.2, 0.25) is 0 Å². The number of nitrogens with zero attached hydrogens (tertiary/aromatic N) is 2. The van der Waals surface area contributed by atoms with Gasteiger partial charge in [0, 0.05) is 27.2 Å². The van der Waals surface area contributed by atoms with E-state index in [4.69, 9.17) is 14.1 Å². The van der Waals surface area contributed by atoms with Gasteiger partial charge in [0.15, 0.2) is 4.80 Å². The fourth-order valence-corrected chi connectivity index (χ4v) is 6.77. The summed E-state index contributed by atoms with van der Waals surface area (Å²) in [7, 11) is 1.67. The molecule has 7 rings (SSSR count). The van der Waals surface area contributed by atoms with Gasteiger partial charge in [-0.2, -0.15) is 0 Å². The molecule has 0 spiro atoms. The molecule has 192 valence electrons. The number of thiazole rings is 1.